The Morgan fingerprint density at radius 1 is 1.36 bits per heavy atom. The maximum Gasteiger partial charge on any atom is 0.220 e. The van der Waals surface area contributed by atoms with Gasteiger partial charge < -0.3 is 5.32 Å². The molecule has 0 radical (unpaired) electrons. The lowest BCUT2D eigenvalue weighted by Crippen LogP contribution is -2.31. The predicted molar refractivity (Wildman–Crippen MR) is 96.8 cm³/mol. The molecule has 0 bridgehead atoms. The third-order valence-electron chi connectivity index (χ3n) is 4.87. The summed E-state index contributed by atoms with van der Waals surface area (Å²) in [4.78, 5) is 18.4. The zero-order valence-electron chi connectivity index (χ0n) is 14.9. The van der Waals surface area contributed by atoms with Crippen molar-refractivity contribution in [2.24, 2.45) is 5.92 Å². The highest BCUT2D eigenvalue weighted by atomic mass is 16.1. The summed E-state index contributed by atoms with van der Waals surface area (Å²) in [5.41, 5.74) is 2.76. The van der Waals surface area contributed by atoms with E-state index in [9.17, 15) is 4.79 Å². The van der Waals surface area contributed by atoms with Crippen LogP contribution in [0.25, 0.3) is 0 Å². The van der Waals surface area contributed by atoms with Crippen molar-refractivity contribution in [1.82, 2.24) is 25.0 Å². The fourth-order valence-corrected chi connectivity index (χ4v) is 3.35. The van der Waals surface area contributed by atoms with Crippen LogP contribution >= 0.6 is 0 Å². The van der Waals surface area contributed by atoms with E-state index in [1.54, 1.807) is 11.0 Å². The minimum Gasteiger partial charge on any atom is -0.356 e. The molecular formula is C19H27N5O. The van der Waals surface area contributed by atoms with Crippen LogP contribution in [0.5, 0.6) is 0 Å². The Bertz CT molecular complexity index is 670. The molecule has 6 heteroatoms. The van der Waals surface area contributed by atoms with Gasteiger partial charge in [0.2, 0.25) is 5.91 Å². The number of carbonyl (C=O) groups excluding carboxylic acids is 1. The predicted octanol–water partition coefficient (Wildman–Crippen LogP) is 2.01. The number of carbonyl (C=O) groups is 1. The number of nitrogens with one attached hydrogen (secondary N) is 1. The van der Waals surface area contributed by atoms with E-state index in [0.717, 1.165) is 45.6 Å². The lowest BCUT2D eigenvalue weighted by atomic mass is 10.1. The molecule has 6 nitrogen and oxygen atoms in total. The highest BCUT2D eigenvalue weighted by Gasteiger charge is 2.23. The molecule has 1 aromatic carbocycles. The van der Waals surface area contributed by atoms with Gasteiger partial charge in [-0.2, -0.15) is 5.10 Å². The molecule has 1 N–H and O–H groups in total. The summed E-state index contributed by atoms with van der Waals surface area (Å²) < 4.78 is 1.76. The fraction of sp³-hybridized carbons (Fsp3) is 0.526. The summed E-state index contributed by atoms with van der Waals surface area (Å²) in [6.45, 7) is 6.87. The molecule has 25 heavy (non-hydrogen) atoms. The third kappa shape index (κ3) is 5.39. The van der Waals surface area contributed by atoms with Crippen LogP contribution in [-0.2, 0) is 17.9 Å². The molecule has 0 unspecified atom stereocenters. The van der Waals surface area contributed by atoms with E-state index >= 15 is 0 Å². The van der Waals surface area contributed by atoms with Gasteiger partial charge in [0.25, 0.3) is 0 Å². The molecule has 0 spiro atoms. The Hall–Kier alpha value is -2.21. The standard InChI is InChI=1S/C19H27N5O/c1-16-5-2-3-6-18(16)13-23-10-8-17(12-23)11-21-19(25)7-4-9-24-15-20-14-22-24/h2-3,5-6,14-15,17H,4,7-13H2,1H3,(H,21,25)/t17-/m1/s1. The number of amides is 1. The van der Waals surface area contributed by atoms with Gasteiger partial charge in [0.1, 0.15) is 12.7 Å². The number of rotatable bonds is 8. The van der Waals surface area contributed by atoms with Crippen molar-refractivity contribution in [2.45, 2.75) is 39.3 Å². The monoisotopic (exact) mass is 341 g/mol. The summed E-state index contributed by atoms with van der Waals surface area (Å²) in [6.07, 6.45) is 5.69. The van der Waals surface area contributed by atoms with Crippen molar-refractivity contribution in [3.8, 4) is 0 Å². The first-order valence-corrected chi connectivity index (χ1v) is 9.06. The van der Waals surface area contributed by atoms with Crippen molar-refractivity contribution in [1.29, 1.82) is 0 Å². The lowest BCUT2D eigenvalue weighted by molar-refractivity contribution is -0.121. The molecule has 1 aromatic heterocycles. The van der Waals surface area contributed by atoms with Gasteiger partial charge in [-0.05, 0) is 43.4 Å². The minimum atomic E-state index is 0.137. The first-order chi connectivity index (χ1) is 12.2. The molecule has 0 saturated carbocycles. The second-order valence-electron chi connectivity index (χ2n) is 6.88. The summed E-state index contributed by atoms with van der Waals surface area (Å²) in [5.74, 6) is 0.695. The van der Waals surface area contributed by atoms with E-state index in [2.05, 4.69) is 51.5 Å². The molecule has 1 saturated heterocycles. The zero-order chi connectivity index (χ0) is 17.5. The van der Waals surface area contributed by atoms with Crippen molar-refractivity contribution in [3.05, 3.63) is 48.0 Å². The highest BCUT2D eigenvalue weighted by Crippen LogP contribution is 2.19. The summed E-state index contributed by atoms with van der Waals surface area (Å²) >= 11 is 0. The highest BCUT2D eigenvalue weighted by molar-refractivity contribution is 5.75. The van der Waals surface area contributed by atoms with Gasteiger partial charge in [0, 0.05) is 32.6 Å². The van der Waals surface area contributed by atoms with Gasteiger partial charge in [-0.25, -0.2) is 4.98 Å². The van der Waals surface area contributed by atoms with Crippen LogP contribution in [0.15, 0.2) is 36.9 Å². The average Bonchev–Trinajstić information content (AvgIpc) is 3.27. The molecule has 1 amide bonds. The average molecular weight is 341 g/mol. The molecular weight excluding hydrogens is 314 g/mol. The summed E-state index contributed by atoms with van der Waals surface area (Å²) in [5, 5.41) is 7.13. The van der Waals surface area contributed by atoms with Crippen LogP contribution in [0.2, 0.25) is 0 Å². The van der Waals surface area contributed by atoms with Crippen molar-refractivity contribution in [2.75, 3.05) is 19.6 Å². The van der Waals surface area contributed by atoms with E-state index in [4.69, 9.17) is 0 Å². The van der Waals surface area contributed by atoms with Crippen LogP contribution in [0.4, 0.5) is 0 Å². The van der Waals surface area contributed by atoms with Crippen LogP contribution < -0.4 is 5.32 Å². The number of hydrogen-bond donors (Lipinski definition) is 1. The molecule has 0 aliphatic carbocycles. The van der Waals surface area contributed by atoms with Crippen LogP contribution in [-0.4, -0.2) is 45.2 Å². The van der Waals surface area contributed by atoms with Crippen LogP contribution in [0, 0.1) is 12.8 Å². The first-order valence-electron chi connectivity index (χ1n) is 9.06. The topological polar surface area (TPSA) is 63.1 Å². The quantitative estimate of drug-likeness (QED) is 0.798. The maximum absolute atomic E-state index is 12.0. The smallest absolute Gasteiger partial charge is 0.220 e. The van der Waals surface area contributed by atoms with Gasteiger partial charge in [0.15, 0.2) is 0 Å². The van der Waals surface area contributed by atoms with E-state index in [1.165, 1.54) is 17.5 Å². The van der Waals surface area contributed by atoms with Crippen molar-refractivity contribution < 1.29 is 4.79 Å². The molecule has 2 heterocycles. The second kappa shape index (κ2) is 8.76. The Labute approximate surface area is 149 Å². The van der Waals surface area contributed by atoms with Gasteiger partial charge >= 0.3 is 0 Å². The molecule has 3 rings (SSSR count). The fourth-order valence-electron chi connectivity index (χ4n) is 3.35. The number of hydrogen-bond acceptors (Lipinski definition) is 4. The van der Waals surface area contributed by atoms with Crippen molar-refractivity contribution in [3.63, 3.8) is 0 Å². The number of likely N-dealkylation sites (tertiary alicyclic amines) is 1. The molecule has 1 aliphatic heterocycles. The van der Waals surface area contributed by atoms with E-state index in [0.29, 0.717) is 12.3 Å². The molecule has 2 aromatic rings. The molecule has 134 valence electrons. The van der Waals surface area contributed by atoms with Gasteiger partial charge in [-0.15, -0.1) is 0 Å². The summed E-state index contributed by atoms with van der Waals surface area (Å²) in [6, 6.07) is 8.57. The molecule has 1 aliphatic rings. The number of benzene rings is 1. The largest absolute Gasteiger partial charge is 0.356 e. The maximum atomic E-state index is 12.0. The third-order valence-corrected chi connectivity index (χ3v) is 4.87. The lowest BCUT2D eigenvalue weighted by Gasteiger charge is -2.17. The normalized spacial score (nSPS) is 17.7. The number of aryl methyl sites for hydroxylation is 2. The van der Waals surface area contributed by atoms with Crippen molar-refractivity contribution >= 4 is 5.91 Å². The zero-order valence-corrected chi connectivity index (χ0v) is 14.9. The first kappa shape index (κ1) is 17.6. The number of aromatic nitrogens is 3. The van der Waals surface area contributed by atoms with Gasteiger partial charge in [-0.1, -0.05) is 24.3 Å². The minimum absolute atomic E-state index is 0.137. The molecule has 1 fully saturated rings. The Balaban J connectivity index is 1.33. The Kier molecular flexibility index (Phi) is 6.17. The van der Waals surface area contributed by atoms with Gasteiger partial charge in [-0.3, -0.25) is 14.4 Å². The second-order valence-corrected chi connectivity index (χ2v) is 6.88. The number of nitrogens with zero attached hydrogens (tertiary/aromatic N) is 4. The molecule has 1 atom stereocenters. The Morgan fingerprint density at radius 3 is 3.04 bits per heavy atom. The van der Waals surface area contributed by atoms with E-state index in [-0.39, 0.29) is 5.91 Å². The van der Waals surface area contributed by atoms with E-state index < -0.39 is 0 Å². The van der Waals surface area contributed by atoms with Crippen LogP contribution in [0.1, 0.15) is 30.4 Å². The summed E-state index contributed by atoms with van der Waals surface area (Å²) in [7, 11) is 0. The SMILES string of the molecule is Cc1ccccc1CN1CC[C@H](CNC(=O)CCCn2cncn2)C1. The van der Waals surface area contributed by atoms with Gasteiger partial charge in [0.05, 0.1) is 0 Å². The van der Waals surface area contributed by atoms with Crippen LogP contribution in [0.3, 0.4) is 0 Å². The van der Waals surface area contributed by atoms with E-state index in [1.807, 2.05) is 0 Å². The Morgan fingerprint density at radius 2 is 2.24 bits per heavy atom.